The molecule has 5 aromatic rings. The van der Waals surface area contributed by atoms with Gasteiger partial charge in [0.25, 0.3) is 5.91 Å². The normalized spacial score (nSPS) is 10.6. The molecule has 37 heavy (non-hydrogen) atoms. The van der Waals surface area contributed by atoms with E-state index in [1.54, 1.807) is 60.7 Å². The van der Waals surface area contributed by atoms with Crippen LogP contribution in [0.3, 0.4) is 0 Å². The molecule has 1 heterocycles. The van der Waals surface area contributed by atoms with Gasteiger partial charge in [-0.3, -0.25) is 4.79 Å². The number of para-hydroxylation sites is 2. The van der Waals surface area contributed by atoms with E-state index in [0.717, 1.165) is 0 Å². The number of hydrogen-bond donors (Lipinski definition) is 1. The maximum atomic E-state index is 13.4. The van der Waals surface area contributed by atoms with Crippen molar-refractivity contribution in [2.75, 3.05) is 11.9 Å². The summed E-state index contributed by atoms with van der Waals surface area (Å²) in [6.07, 6.45) is 0. The van der Waals surface area contributed by atoms with Crippen molar-refractivity contribution in [1.29, 1.82) is 0 Å². The number of carbonyl (C=O) groups is 2. The molecular weight excluding hydrogens is 471 g/mol. The van der Waals surface area contributed by atoms with Gasteiger partial charge in [-0.15, -0.1) is 0 Å². The zero-order valence-corrected chi connectivity index (χ0v) is 19.6. The Morgan fingerprint density at radius 2 is 1.46 bits per heavy atom. The number of esters is 1. The minimum Gasteiger partial charge on any atom is -0.457 e. The molecule has 6 nitrogen and oxygen atoms in total. The first-order chi connectivity index (χ1) is 18.0. The van der Waals surface area contributed by atoms with Crippen LogP contribution in [-0.2, 0) is 9.53 Å². The Bertz CT molecular complexity index is 1550. The van der Waals surface area contributed by atoms with Crippen LogP contribution in [-0.4, -0.2) is 23.5 Å². The molecule has 0 saturated carbocycles. The quantitative estimate of drug-likeness (QED) is 0.258. The molecule has 0 spiro atoms. The lowest BCUT2D eigenvalue weighted by Gasteiger charge is -2.11. The van der Waals surface area contributed by atoms with Gasteiger partial charge >= 0.3 is 5.97 Å². The summed E-state index contributed by atoms with van der Waals surface area (Å²) in [5.41, 5.74) is 2.53. The van der Waals surface area contributed by atoms with Crippen LogP contribution in [0.2, 0.25) is 0 Å². The fourth-order valence-corrected chi connectivity index (χ4v) is 3.75. The SMILES string of the molecule is O=C(COC(=O)c1cc(-c2ccc(F)cc2)nc2ccccc12)Nc1ccc(Oc2ccccc2)cc1. The van der Waals surface area contributed by atoms with Crippen molar-refractivity contribution in [2.24, 2.45) is 0 Å². The highest BCUT2D eigenvalue weighted by Crippen LogP contribution is 2.26. The summed E-state index contributed by atoms with van der Waals surface area (Å²) in [7, 11) is 0. The van der Waals surface area contributed by atoms with Gasteiger partial charge in [0.2, 0.25) is 0 Å². The van der Waals surface area contributed by atoms with E-state index >= 15 is 0 Å². The molecule has 0 fully saturated rings. The predicted octanol–water partition coefficient (Wildman–Crippen LogP) is 6.63. The van der Waals surface area contributed by atoms with Crippen molar-refractivity contribution >= 4 is 28.5 Å². The average molecular weight is 493 g/mol. The molecule has 1 N–H and O–H groups in total. The van der Waals surface area contributed by atoms with E-state index in [0.29, 0.717) is 39.3 Å². The third kappa shape index (κ3) is 5.79. The van der Waals surface area contributed by atoms with Gasteiger partial charge < -0.3 is 14.8 Å². The number of nitrogens with one attached hydrogen (secondary N) is 1. The number of ether oxygens (including phenoxy) is 2. The number of hydrogen-bond acceptors (Lipinski definition) is 5. The Kier molecular flexibility index (Phi) is 6.85. The van der Waals surface area contributed by atoms with E-state index in [1.165, 1.54) is 12.1 Å². The van der Waals surface area contributed by atoms with Crippen molar-refractivity contribution in [3.05, 3.63) is 121 Å². The number of nitrogens with zero attached hydrogens (tertiary/aromatic N) is 1. The van der Waals surface area contributed by atoms with E-state index < -0.39 is 18.5 Å². The van der Waals surface area contributed by atoms with Gasteiger partial charge in [0.1, 0.15) is 17.3 Å². The highest BCUT2D eigenvalue weighted by atomic mass is 19.1. The van der Waals surface area contributed by atoms with E-state index in [9.17, 15) is 14.0 Å². The summed E-state index contributed by atoms with van der Waals surface area (Å²) >= 11 is 0. The van der Waals surface area contributed by atoms with Crippen LogP contribution in [0.25, 0.3) is 22.2 Å². The third-order valence-electron chi connectivity index (χ3n) is 5.53. The van der Waals surface area contributed by atoms with Gasteiger partial charge in [-0.2, -0.15) is 0 Å². The summed E-state index contributed by atoms with van der Waals surface area (Å²) in [6.45, 7) is -0.469. The Morgan fingerprint density at radius 3 is 2.22 bits per heavy atom. The number of fused-ring (bicyclic) bond motifs is 1. The molecule has 0 bridgehead atoms. The molecule has 5 rings (SSSR count). The Labute approximate surface area is 212 Å². The Balaban J connectivity index is 1.25. The van der Waals surface area contributed by atoms with Crippen LogP contribution >= 0.6 is 0 Å². The minimum atomic E-state index is -0.663. The molecule has 4 aromatic carbocycles. The molecule has 1 aromatic heterocycles. The maximum absolute atomic E-state index is 13.4. The number of carbonyl (C=O) groups excluding carboxylic acids is 2. The van der Waals surface area contributed by atoms with Gasteiger partial charge in [-0.1, -0.05) is 36.4 Å². The van der Waals surface area contributed by atoms with Crippen molar-refractivity contribution in [3.63, 3.8) is 0 Å². The molecule has 182 valence electrons. The largest absolute Gasteiger partial charge is 0.457 e. The van der Waals surface area contributed by atoms with Crippen molar-refractivity contribution in [2.45, 2.75) is 0 Å². The van der Waals surface area contributed by atoms with Gasteiger partial charge in [0.15, 0.2) is 6.61 Å². The summed E-state index contributed by atoms with van der Waals surface area (Å²) in [5.74, 6) is -0.186. The average Bonchev–Trinajstić information content (AvgIpc) is 2.93. The standard InChI is InChI=1S/C30H21FN2O4/c31-21-12-10-20(11-13-21)28-18-26(25-8-4-5-9-27(25)33-28)30(35)36-19-29(34)32-22-14-16-24(17-15-22)37-23-6-2-1-3-7-23/h1-18H,19H2,(H,32,34). The number of anilines is 1. The van der Waals surface area contributed by atoms with Crippen molar-refractivity contribution < 1.29 is 23.5 Å². The lowest BCUT2D eigenvalue weighted by Crippen LogP contribution is -2.21. The van der Waals surface area contributed by atoms with Crippen LogP contribution in [0.1, 0.15) is 10.4 Å². The van der Waals surface area contributed by atoms with Gasteiger partial charge in [0, 0.05) is 16.6 Å². The lowest BCUT2D eigenvalue weighted by molar-refractivity contribution is -0.119. The molecule has 1 amide bonds. The van der Waals surface area contributed by atoms with Crippen LogP contribution in [0.4, 0.5) is 10.1 Å². The number of amides is 1. The van der Waals surface area contributed by atoms with E-state index in [-0.39, 0.29) is 11.4 Å². The lowest BCUT2D eigenvalue weighted by atomic mass is 10.0. The Morgan fingerprint density at radius 1 is 0.784 bits per heavy atom. The Hall–Kier alpha value is -5.04. The third-order valence-corrected chi connectivity index (χ3v) is 5.53. The zero-order chi connectivity index (χ0) is 25.6. The zero-order valence-electron chi connectivity index (χ0n) is 19.6. The number of rotatable bonds is 7. The van der Waals surface area contributed by atoms with Gasteiger partial charge in [0.05, 0.1) is 16.8 Å². The molecule has 0 aliphatic heterocycles. The molecular formula is C30H21FN2O4. The van der Waals surface area contributed by atoms with E-state index in [1.807, 2.05) is 36.4 Å². The van der Waals surface area contributed by atoms with Gasteiger partial charge in [-0.25, -0.2) is 14.2 Å². The van der Waals surface area contributed by atoms with Crippen LogP contribution in [0.15, 0.2) is 109 Å². The summed E-state index contributed by atoms with van der Waals surface area (Å²) in [6, 6.07) is 30.8. The van der Waals surface area contributed by atoms with Crippen LogP contribution in [0, 0.1) is 5.82 Å². The van der Waals surface area contributed by atoms with E-state index in [4.69, 9.17) is 9.47 Å². The molecule has 0 radical (unpaired) electrons. The first-order valence-electron chi connectivity index (χ1n) is 11.5. The molecule has 0 aliphatic rings. The number of benzene rings is 4. The van der Waals surface area contributed by atoms with Crippen molar-refractivity contribution in [1.82, 2.24) is 4.98 Å². The van der Waals surface area contributed by atoms with Crippen molar-refractivity contribution in [3.8, 4) is 22.8 Å². The fourth-order valence-electron chi connectivity index (χ4n) is 3.75. The minimum absolute atomic E-state index is 0.264. The smallest absolute Gasteiger partial charge is 0.339 e. The van der Waals surface area contributed by atoms with E-state index in [2.05, 4.69) is 10.3 Å². The number of aromatic nitrogens is 1. The highest BCUT2D eigenvalue weighted by Gasteiger charge is 2.17. The topological polar surface area (TPSA) is 77.5 Å². The molecule has 0 unspecified atom stereocenters. The summed E-state index contributed by atoms with van der Waals surface area (Å²) in [5, 5.41) is 3.29. The maximum Gasteiger partial charge on any atom is 0.339 e. The second-order valence-corrected chi connectivity index (χ2v) is 8.14. The number of pyridine rings is 1. The number of halogens is 1. The summed E-state index contributed by atoms with van der Waals surface area (Å²) in [4.78, 5) is 30.0. The molecule has 0 atom stereocenters. The van der Waals surface area contributed by atoms with Gasteiger partial charge in [-0.05, 0) is 72.8 Å². The highest BCUT2D eigenvalue weighted by molar-refractivity contribution is 6.05. The molecule has 0 saturated heterocycles. The fraction of sp³-hybridized carbons (Fsp3) is 0.0333. The first kappa shape index (κ1) is 23.7. The first-order valence-corrected chi connectivity index (χ1v) is 11.5. The summed E-state index contributed by atoms with van der Waals surface area (Å²) < 4.78 is 24.4. The predicted molar refractivity (Wildman–Crippen MR) is 139 cm³/mol. The molecule has 0 aliphatic carbocycles. The monoisotopic (exact) mass is 492 g/mol. The van der Waals surface area contributed by atoms with Crippen LogP contribution < -0.4 is 10.1 Å². The second kappa shape index (κ2) is 10.7. The second-order valence-electron chi connectivity index (χ2n) is 8.14. The molecule has 7 heteroatoms. The van der Waals surface area contributed by atoms with Crippen LogP contribution in [0.5, 0.6) is 11.5 Å².